The first-order valence-corrected chi connectivity index (χ1v) is 7.25. The molecule has 1 aromatic heterocycles. The number of nitrogens with one attached hydrogen (secondary N) is 1. The number of anilines is 1. The zero-order valence-electron chi connectivity index (χ0n) is 12.8. The van der Waals surface area contributed by atoms with Crippen molar-refractivity contribution in [3.8, 4) is 0 Å². The molecule has 1 unspecified atom stereocenters. The van der Waals surface area contributed by atoms with Crippen LogP contribution in [0.2, 0.25) is 0 Å². The zero-order valence-corrected chi connectivity index (χ0v) is 12.8. The predicted octanol–water partition coefficient (Wildman–Crippen LogP) is 3.51. The highest BCUT2D eigenvalue weighted by atomic mass is 19.1. The molecule has 0 fully saturated rings. The second-order valence-electron chi connectivity index (χ2n) is 5.35. The SMILES string of the molecule is CCCNC(c1cc(C)cnc1N)c1cccc(C)c1F. The van der Waals surface area contributed by atoms with Gasteiger partial charge in [0.15, 0.2) is 0 Å². The minimum atomic E-state index is -0.280. The van der Waals surface area contributed by atoms with Crippen LogP contribution >= 0.6 is 0 Å². The van der Waals surface area contributed by atoms with E-state index in [1.807, 2.05) is 19.1 Å². The predicted molar refractivity (Wildman–Crippen MR) is 84.7 cm³/mol. The number of halogens is 1. The Kier molecular flexibility index (Phi) is 4.91. The zero-order chi connectivity index (χ0) is 15.4. The third-order valence-electron chi connectivity index (χ3n) is 3.53. The Labute approximate surface area is 125 Å². The molecule has 0 saturated carbocycles. The summed E-state index contributed by atoms with van der Waals surface area (Å²) in [6.45, 7) is 6.59. The molecule has 0 amide bonds. The lowest BCUT2D eigenvalue weighted by Gasteiger charge is -2.22. The van der Waals surface area contributed by atoms with Crippen LogP contribution in [0.4, 0.5) is 10.2 Å². The molecule has 112 valence electrons. The van der Waals surface area contributed by atoms with Crippen molar-refractivity contribution in [2.24, 2.45) is 0 Å². The second kappa shape index (κ2) is 6.68. The number of aryl methyl sites for hydroxylation is 2. The van der Waals surface area contributed by atoms with Crippen LogP contribution in [0.5, 0.6) is 0 Å². The molecule has 3 N–H and O–H groups in total. The molecule has 0 spiro atoms. The van der Waals surface area contributed by atoms with Crippen molar-refractivity contribution in [3.05, 3.63) is 58.5 Å². The van der Waals surface area contributed by atoms with E-state index in [2.05, 4.69) is 17.2 Å². The molecule has 2 rings (SSSR count). The number of pyridine rings is 1. The highest BCUT2D eigenvalue weighted by Crippen LogP contribution is 2.29. The normalized spacial score (nSPS) is 12.4. The Morgan fingerprint density at radius 2 is 2.05 bits per heavy atom. The van der Waals surface area contributed by atoms with E-state index in [-0.39, 0.29) is 11.9 Å². The summed E-state index contributed by atoms with van der Waals surface area (Å²) in [5.74, 6) is 0.252. The summed E-state index contributed by atoms with van der Waals surface area (Å²) in [5.41, 5.74) is 9.10. The molecule has 0 saturated heterocycles. The van der Waals surface area contributed by atoms with Crippen molar-refractivity contribution in [2.45, 2.75) is 33.2 Å². The van der Waals surface area contributed by atoms with Crippen LogP contribution in [-0.2, 0) is 0 Å². The number of aromatic nitrogens is 1. The molecule has 2 aromatic rings. The van der Waals surface area contributed by atoms with Gasteiger partial charge in [0, 0.05) is 17.3 Å². The summed E-state index contributed by atoms with van der Waals surface area (Å²) in [5, 5.41) is 3.38. The Morgan fingerprint density at radius 1 is 1.29 bits per heavy atom. The minimum Gasteiger partial charge on any atom is -0.383 e. The molecule has 21 heavy (non-hydrogen) atoms. The van der Waals surface area contributed by atoms with Gasteiger partial charge in [0.1, 0.15) is 11.6 Å². The van der Waals surface area contributed by atoms with Crippen LogP contribution in [0.15, 0.2) is 30.5 Å². The van der Waals surface area contributed by atoms with E-state index in [4.69, 9.17) is 5.73 Å². The average molecular weight is 287 g/mol. The van der Waals surface area contributed by atoms with Crippen molar-refractivity contribution in [1.29, 1.82) is 0 Å². The van der Waals surface area contributed by atoms with E-state index in [1.54, 1.807) is 25.3 Å². The van der Waals surface area contributed by atoms with Crippen molar-refractivity contribution in [3.63, 3.8) is 0 Å². The van der Waals surface area contributed by atoms with Crippen molar-refractivity contribution in [1.82, 2.24) is 10.3 Å². The third-order valence-corrected chi connectivity index (χ3v) is 3.53. The number of nitrogens with zero attached hydrogens (tertiary/aromatic N) is 1. The van der Waals surface area contributed by atoms with Gasteiger partial charge in [-0.05, 0) is 44.0 Å². The monoisotopic (exact) mass is 287 g/mol. The first kappa shape index (κ1) is 15.4. The Bertz CT molecular complexity index is 623. The van der Waals surface area contributed by atoms with Gasteiger partial charge in [-0.15, -0.1) is 0 Å². The number of nitrogen functional groups attached to an aromatic ring is 1. The Morgan fingerprint density at radius 3 is 2.76 bits per heavy atom. The van der Waals surface area contributed by atoms with E-state index in [0.29, 0.717) is 16.9 Å². The highest BCUT2D eigenvalue weighted by Gasteiger charge is 2.21. The van der Waals surface area contributed by atoms with E-state index < -0.39 is 0 Å². The van der Waals surface area contributed by atoms with E-state index in [9.17, 15) is 4.39 Å². The quantitative estimate of drug-likeness (QED) is 0.884. The van der Waals surface area contributed by atoms with Gasteiger partial charge in [-0.3, -0.25) is 0 Å². The largest absolute Gasteiger partial charge is 0.383 e. The number of nitrogens with two attached hydrogens (primary N) is 1. The van der Waals surface area contributed by atoms with Crippen LogP contribution < -0.4 is 11.1 Å². The van der Waals surface area contributed by atoms with Crippen LogP contribution in [0.1, 0.15) is 41.6 Å². The second-order valence-corrected chi connectivity index (χ2v) is 5.35. The molecule has 0 radical (unpaired) electrons. The summed E-state index contributed by atoms with van der Waals surface area (Å²) < 4.78 is 14.5. The standard InChI is InChI=1S/C17H22FN3/c1-4-8-20-16(13-7-5-6-12(3)15(13)18)14-9-11(2)10-21-17(14)19/h5-7,9-10,16,20H,4,8H2,1-3H3,(H2,19,21). The molecule has 4 heteroatoms. The van der Waals surface area contributed by atoms with Crippen LogP contribution in [0.3, 0.4) is 0 Å². The van der Waals surface area contributed by atoms with E-state index >= 15 is 0 Å². The number of hydrogen-bond donors (Lipinski definition) is 2. The molecule has 3 nitrogen and oxygen atoms in total. The highest BCUT2D eigenvalue weighted by molar-refractivity contribution is 5.48. The average Bonchev–Trinajstić information content (AvgIpc) is 2.47. The van der Waals surface area contributed by atoms with Crippen molar-refractivity contribution in [2.75, 3.05) is 12.3 Å². The van der Waals surface area contributed by atoms with Gasteiger partial charge < -0.3 is 11.1 Å². The maximum absolute atomic E-state index is 14.5. The van der Waals surface area contributed by atoms with Gasteiger partial charge in [0.25, 0.3) is 0 Å². The van der Waals surface area contributed by atoms with Gasteiger partial charge >= 0.3 is 0 Å². The van der Waals surface area contributed by atoms with Crippen LogP contribution in [0.25, 0.3) is 0 Å². The van der Waals surface area contributed by atoms with E-state index in [0.717, 1.165) is 24.1 Å². The van der Waals surface area contributed by atoms with Crippen molar-refractivity contribution >= 4 is 5.82 Å². The molecule has 1 aromatic carbocycles. The topological polar surface area (TPSA) is 50.9 Å². The summed E-state index contributed by atoms with van der Waals surface area (Å²) in [6, 6.07) is 7.13. The molecule has 0 bridgehead atoms. The maximum Gasteiger partial charge on any atom is 0.131 e. The summed E-state index contributed by atoms with van der Waals surface area (Å²) in [6.07, 6.45) is 2.69. The first-order valence-electron chi connectivity index (χ1n) is 7.25. The van der Waals surface area contributed by atoms with Gasteiger partial charge in [-0.25, -0.2) is 9.37 Å². The van der Waals surface area contributed by atoms with Gasteiger partial charge in [-0.2, -0.15) is 0 Å². The van der Waals surface area contributed by atoms with Crippen LogP contribution in [-0.4, -0.2) is 11.5 Å². The maximum atomic E-state index is 14.5. The number of benzene rings is 1. The Hall–Kier alpha value is -1.94. The molecular formula is C17H22FN3. The van der Waals surface area contributed by atoms with Crippen molar-refractivity contribution < 1.29 is 4.39 Å². The summed E-state index contributed by atoms with van der Waals surface area (Å²) >= 11 is 0. The van der Waals surface area contributed by atoms with Gasteiger partial charge in [0.05, 0.1) is 6.04 Å². The molecule has 1 atom stereocenters. The Balaban J connectivity index is 2.52. The number of hydrogen-bond acceptors (Lipinski definition) is 3. The fraction of sp³-hybridized carbons (Fsp3) is 0.353. The third kappa shape index (κ3) is 3.39. The molecule has 1 heterocycles. The molecule has 0 aliphatic rings. The lowest BCUT2D eigenvalue weighted by atomic mass is 9.96. The number of rotatable bonds is 5. The van der Waals surface area contributed by atoms with Crippen LogP contribution in [0, 0.1) is 19.7 Å². The summed E-state index contributed by atoms with van der Waals surface area (Å²) in [4.78, 5) is 4.20. The molecular weight excluding hydrogens is 265 g/mol. The van der Waals surface area contributed by atoms with Gasteiger partial charge in [0.2, 0.25) is 0 Å². The first-order chi connectivity index (χ1) is 10.0. The fourth-order valence-electron chi connectivity index (χ4n) is 2.40. The lowest BCUT2D eigenvalue weighted by molar-refractivity contribution is 0.542. The molecule has 0 aliphatic heterocycles. The molecule has 0 aliphatic carbocycles. The lowest BCUT2D eigenvalue weighted by Crippen LogP contribution is -2.25. The summed E-state index contributed by atoms with van der Waals surface area (Å²) in [7, 11) is 0. The fourth-order valence-corrected chi connectivity index (χ4v) is 2.40. The van der Waals surface area contributed by atoms with Gasteiger partial charge in [-0.1, -0.05) is 25.1 Å². The van der Waals surface area contributed by atoms with E-state index in [1.165, 1.54) is 0 Å². The minimum absolute atomic E-state index is 0.188. The smallest absolute Gasteiger partial charge is 0.131 e.